The second-order valence-corrected chi connectivity index (χ2v) is 11.9. The Labute approximate surface area is 279 Å². The Morgan fingerprint density at radius 2 is 1.58 bits per heavy atom. The Morgan fingerprint density at radius 3 is 2.27 bits per heavy atom. The summed E-state index contributed by atoms with van der Waals surface area (Å²) in [7, 11) is 5.09. The molecule has 2 N–H and O–H groups in total. The fourth-order valence-corrected chi connectivity index (χ4v) is 5.90. The number of likely N-dealkylation sites (tertiary alicyclic amines) is 1. The number of carbonyl (C=O) groups is 2. The first-order valence-electron chi connectivity index (χ1n) is 16.0. The number of aromatic nitrogens is 2. The van der Waals surface area contributed by atoms with Gasteiger partial charge in [-0.05, 0) is 67.1 Å². The average Bonchev–Trinajstić information content (AvgIpc) is 3.42. The van der Waals surface area contributed by atoms with Crippen LogP contribution in [0.25, 0.3) is 0 Å². The summed E-state index contributed by atoms with van der Waals surface area (Å²) in [6.45, 7) is 4.89. The molecule has 6 bridgehead atoms. The van der Waals surface area contributed by atoms with Crippen LogP contribution in [-0.4, -0.2) is 72.3 Å². The van der Waals surface area contributed by atoms with Gasteiger partial charge in [-0.3, -0.25) is 14.5 Å². The monoisotopic (exact) mass is 655 g/mol. The second-order valence-electron chi connectivity index (χ2n) is 11.9. The van der Waals surface area contributed by atoms with E-state index >= 15 is 0 Å². The lowest BCUT2D eigenvalue weighted by Crippen LogP contribution is -2.57. The van der Waals surface area contributed by atoms with Gasteiger partial charge in [0.15, 0.2) is 28.6 Å². The van der Waals surface area contributed by atoms with E-state index in [1.165, 1.54) is 7.11 Å². The number of imidazole rings is 1. The second kappa shape index (κ2) is 14.3. The first-order valence-corrected chi connectivity index (χ1v) is 16.0. The van der Waals surface area contributed by atoms with Crippen LogP contribution < -0.4 is 34.3 Å². The van der Waals surface area contributed by atoms with Gasteiger partial charge in [0.1, 0.15) is 23.9 Å². The molecular weight excluding hydrogens is 614 g/mol. The zero-order valence-electron chi connectivity index (χ0n) is 27.7. The molecule has 0 unspecified atom stereocenters. The van der Waals surface area contributed by atoms with Gasteiger partial charge in [0, 0.05) is 57.8 Å². The van der Waals surface area contributed by atoms with Crippen LogP contribution in [-0.2, 0) is 24.9 Å². The van der Waals surface area contributed by atoms with Crippen molar-refractivity contribution in [2.75, 3.05) is 40.5 Å². The lowest BCUT2D eigenvalue weighted by molar-refractivity contribution is -0.141. The van der Waals surface area contributed by atoms with Crippen LogP contribution in [0, 0.1) is 6.92 Å². The lowest BCUT2D eigenvalue weighted by Gasteiger charge is -2.40. The summed E-state index contributed by atoms with van der Waals surface area (Å²) < 4.78 is 31.8. The third-order valence-corrected chi connectivity index (χ3v) is 8.90. The molecule has 48 heavy (non-hydrogen) atoms. The number of piperidine rings is 1. The summed E-state index contributed by atoms with van der Waals surface area (Å²) in [6, 6.07) is 17.7. The number of rotatable bonds is 4. The first-order chi connectivity index (χ1) is 23.3. The first kappa shape index (κ1) is 32.7. The molecule has 0 saturated carbocycles. The molecule has 8 heterocycles. The molecule has 12 nitrogen and oxygen atoms in total. The molecule has 12 heteroatoms. The number of benzene rings is 3. The number of aryl methyl sites for hydroxylation is 1. The van der Waals surface area contributed by atoms with E-state index < -0.39 is 5.60 Å². The highest BCUT2D eigenvalue weighted by Gasteiger charge is 2.44. The number of nitrogens with zero attached hydrogens (tertiary/aromatic N) is 3. The molecule has 11 rings (SSSR count). The summed E-state index contributed by atoms with van der Waals surface area (Å²) in [5.41, 5.74) is 1.30. The maximum absolute atomic E-state index is 14.0. The molecule has 252 valence electrons. The van der Waals surface area contributed by atoms with Crippen molar-refractivity contribution in [3.63, 3.8) is 0 Å². The van der Waals surface area contributed by atoms with Crippen LogP contribution in [0.3, 0.4) is 0 Å². The molecule has 0 radical (unpaired) electrons. The molecule has 7 aliphatic rings. The number of hydrogen-bond donors (Lipinski definition) is 2. The van der Waals surface area contributed by atoms with Gasteiger partial charge in [-0.25, -0.2) is 4.98 Å². The van der Waals surface area contributed by atoms with E-state index in [-0.39, 0.29) is 25.0 Å². The summed E-state index contributed by atoms with van der Waals surface area (Å²) in [4.78, 5) is 33.6. The molecule has 0 aliphatic carbocycles. The van der Waals surface area contributed by atoms with E-state index in [4.69, 9.17) is 23.7 Å². The zero-order valence-corrected chi connectivity index (χ0v) is 27.7. The van der Waals surface area contributed by atoms with Crippen molar-refractivity contribution in [1.29, 1.82) is 0 Å². The number of amides is 2. The van der Waals surface area contributed by atoms with E-state index in [9.17, 15) is 9.59 Å². The molecule has 1 aromatic heterocycles. The molecule has 1 fully saturated rings. The number of nitrogens with one attached hydrogen (secondary N) is 2. The third kappa shape index (κ3) is 7.18. The Hall–Kier alpha value is -5.23. The fraction of sp³-hybridized carbons (Fsp3) is 0.361. The number of ether oxygens (including phenoxy) is 5. The Kier molecular flexibility index (Phi) is 9.72. The Morgan fingerprint density at radius 1 is 0.896 bits per heavy atom. The van der Waals surface area contributed by atoms with Gasteiger partial charge in [0.05, 0.1) is 26.5 Å². The van der Waals surface area contributed by atoms with E-state index in [0.29, 0.717) is 72.5 Å². The largest absolute Gasteiger partial charge is 0.493 e. The molecule has 3 aromatic carbocycles. The third-order valence-electron chi connectivity index (χ3n) is 8.90. The zero-order chi connectivity index (χ0) is 33.7. The number of methoxy groups -OCH3 is 2. The van der Waals surface area contributed by atoms with Crippen LogP contribution in [0.2, 0.25) is 0 Å². The molecule has 0 atom stereocenters. The van der Waals surface area contributed by atoms with Gasteiger partial charge in [-0.15, -0.1) is 0 Å². The van der Waals surface area contributed by atoms with E-state index in [1.54, 1.807) is 55.6 Å². The maximum Gasteiger partial charge on any atom is 0.264 e. The van der Waals surface area contributed by atoms with Gasteiger partial charge >= 0.3 is 0 Å². The minimum Gasteiger partial charge on any atom is -0.493 e. The molecule has 4 aromatic rings. The summed E-state index contributed by atoms with van der Waals surface area (Å²) in [6.07, 6.45) is 2.91. The normalized spacial score (nSPS) is 16.8. The number of carbonyl (C=O) groups excluding carboxylic acids is 2. The summed E-state index contributed by atoms with van der Waals surface area (Å²) in [5.74, 6) is 3.45. The number of hydrogen-bond acceptors (Lipinski definition) is 9. The van der Waals surface area contributed by atoms with Gasteiger partial charge in [0.25, 0.3) is 11.8 Å². The SMILES string of the molecule is COc1cc2ccc1Oc1ccc(cc1OC)C(=O)NCCOc1ccc(cc1)OC1(CCN(Cc3cnc(C)n3C)CC1)C(=O)NC2. The highest BCUT2D eigenvalue weighted by Crippen LogP contribution is 2.38. The average molecular weight is 656 g/mol. The van der Waals surface area contributed by atoms with Crippen LogP contribution >= 0.6 is 0 Å². The van der Waals surface area contributed by atoms with E-state index in [1.807, 2.05) is 32.3 Å². The summed E-state index contributed by atoms with van der Waals surface area (Å²) in [5, 5.41) is 5.99. The van der Waals surface area contributed by atoms with Gasteiger partial charge in [0.2, 0.25) is 0 Å². The molecule has 2 amide bonds. The fourth-order valence-electron chi connectivity index (χ4n) is 5.90. The maximum atomic E-state index is 14.0. The van der Waals surface area contributed by atoms with E-state index in [2.05, 4.69) is 25.1 Å². The Bertz CT molecular complexity index is 1760. The van der Waals surface area contributed by atoms with Gasteiger partial charge in [-0.1, -0.05) is 6.07 Å². The van der Waals surface area contributed by atoms with Crippen molar-refractivity contribution in [2.45, 2.75) is 38.5 Å². The Balaban J connectivity index is 1.26. The molecule has 7 aliphatic heterocycles. The predicted molar refractivity (Wildman–Crippen MR) is 178 cm³/mol. The highest BCUT2D eigenvalue weighted by molar-refractivity contribution is 5.94. The van der Waals surface area contributed by atoms with Crippen LogP contribution in [0.4, 0.5) is 0 Å². The minimum atomic E-state index is -1.07. The van der Waals surface area contributed by atoms with Crippen molar-refractivity contribution < 1.29 is 33.3 Å². The minimum absolute atomic E-state index is 0.183. The molecule has 1 spiro atoms. The molecule has 1 saturated heterocycles. The topological polar surface area (TPSA) is 125 Å². The van der Waals surface area contributed by atoms with Gasteiger partial charge in [-0.2, -0.15) is 0 Å². The van der Waals surface area contributed by atoms with Crippen LogP contribution in [0.15, 0.2) is 66.9 Å². The predicted octanol–water partition coefficient (Wildman–Crippen LogP) is 4.39. The van der Waals surface area contributed by atoms with Crippen LogP contribution in [0.5, 0.6) is 34.5 Å². The quantitative estimate of drug-likeness (QED) is 0.329. The van der Waals surface area contributed by atoms with Crippen molar-refractivity contribution >= 4 is 11.8 Å². The van der Waals surface area contributed by atoms with Crippen molar-refractivity contribution in [3.8, 4) is 34.5 Å². The smallest absolute Gasteiger partial charge is 0.264 e. The molecular formula is C36H41N5O7. The van der Waals surface area contributed by atoms with E-state index in [0.717, 1.165) is 23.6 Å². The lowest BCUT2D eigenvalue weighted by atomic mass is 9.89. The highest BCUT2D eigenvalue weighted by atomic mass is 16.5. The summed E-state index contributed by atoms with van der Waals surface area (Å²) >= 11 is 0. The van der Waals surface area contributed by atoms with Crippen molar-refractivity contribution in [3.05, 3.63) is 89.5 Å². The van der Waals surface area contributed by atoms with Crippen molar-refractivity contribution in [2.24, 2.45) is 7.05 Å². The van der Waals surface area contributed by atoms with Crippen LogP contribution in [0.1, 0.15) is 40.3 Å². The van der Waals surface area contributed by atoms with Crippen molar-refractivity contribution in [1.82, 2.24) is 25.1 Å². The standard InChI is InChI=1S/C36H41N5O7/c1-24-38-22-27(40(24)2)23-41-16-13-36(14-17-41)35(43)39-21-25-5-11-30(32(19-25)44-3)47-31-12-6-26(20-33(31)45-4)34(42)37-15-18-46-28-7-9-29(48-36)10-8-28/h5-12,19-20,22H,13-18,21,23H2,1-4H3,(H,37,42)(H,39,43). The van der Waals surface area contributed by atoms with Gasteiger partial charge < -0.3 is 38.9 Å².